The van der Waals surface area contributed by atoms with Crippen molar-refractivity contribution in [1.82, 2.24) is 14.8 Å². The Labute approximate surface area is 132 Å². The summed E-state index contributed by atoms with van der Waals surface area (Å²) in [5.41, 5.74) is 0.557. The van der Waals surface area contributed by atoms with E-state index in [4.69, 9.17) is 0 Å². The first-order valence-electron chi connectivity index (χ1n) is 8.18. The first-order chi connectivity index (χ1) is 10.8. The van der Waals surface area contributed by atoms with E-state index in [-0.39, 0.29) is 5.91 Å². The van der Waals surface area contributed by atoms with Crippen LogP contribution in [0.5, 0.6) is 0 Å². The number of pyridine rings is 1. The number of hydrogen-bond donors (Lipinski definition) is 0. The van der Waals surface area contributed by atoms with Crippen LogP contribution < -0.4 is 0 Å². The highest BCUT2D eigenvalue weighted by molar-refractivity contribution is 5.92. The molecule has 3 aliphatic rings. The minimum absolute atomic E-state index is 0.0685. The van der Waals surface area contributed by atoms with Crippen LogP contribution >= 0.6 is 0 Å². The second-order valence-corrected chi connectivity index (χ2v) is 6.16. The zero-order chi connectivity index (χ0) is 15.4. The molecule has 0 aromatic carbocycles. The highest BCUT2D eigenvalue weighted by Crippen LogP contribution is 2.28. The van der Waals surface area contributed by atoms with Gasteiger partial charge in [0.25, 0.3) is 5.91 Å². The first kappa shape index (κ1) is 15.1. The number of carbonyl (C=O) groups excluding carboxylic acids is 1. The number of piperidine rings is 1. The fourth-order valence-electron chi connectivity index (χ4n) is 3.47. The number of aromatic nitrogens is 1. The molecular weight excluding hydrogens is 274 g/mol. The summed E-state index contributed by atoms with van der Waals surface area (Å²) >= 11 is 0. The van der Waals surface area contributed by atoms with Crippen LogP contribution in [0.1, 0.15) is 36.7 Å². The van der Waals surface area contributed by atoms with Crippen molar-refractivity contribution in [3.63, 3.8) is 0 Å². The molecule has 4 nitrogen and oxygen atoms in total. The lowest BCUT2D eigenvalue weighted by atomic mass is 9.95. The van der Waals surface area contributed by atoms with Crippen LogP contribution in [0.15, 0.2) is 24.4 Å². The van der Waals surface area contributed by atoms with Crippen molar-refractivity contribution in [2.75, 3.05) is 26.2 Å². The molecular formula is C18H23N3O. The highest BCUT2D eigenvalue weighted by Gasteiger charge is 2.36. The molecule has 4 heterocycles. The maximum absolute atomic E-state index is 12.7. The quantitative estimate of drug-likeness (QED) is 0.784. The Morgan fingerprint density at radius 2 is 2.18 bits per heavy atom. The van der Waals surface area contributed by atoms with Gasteiger partial charge in [-0.05, 0) is 30.9 Å². The molecule has 1 aromatic rings. The third-order valence-electron chi connectivity index (χ3n) is 4.58. The third-order valence-corrected chi connectivity index (χ3v) is 4.58. The van der Waals surface area contributed by atoms with Gasteiger partial charge in [0.1, 0.15) is 5.69 Å². The Bertz CT molecular complexity index is 575. The van der Waals surface area contributed by atoms with E-state index in [1.54, 1.807) is 12.3 Å². The summed E-state index contributed by atoms with van der Waals surface area (Å²) < 4.78 is 0. The largest absolute Gasteiger partial charge is 0.335 e. The summed E-state index contributed by atoms with van der Waals surface area (Å²) in [6.07, 6.45) is 4.98. The van der Waals surface area contributed by atoms with Gasteiger partial charge in [0.15, 0.2) is 0 Å². The summed E-state index contributed by atoms with van der Waals surface area (Å²) in [5, 5.41) is 0. The van der Waals surface area contributed by atoms with Crippen molar-refractivity contribution in [1.29, 1.82) is 0 Å². The van der Waals surface area contributed by atoms with E-state index in [1.165, 1.54) is 12.8 Å². The molecule has 3 fully saturated rings. The van der Waals surface area contributed by atoms with Crippen LogP contribution in [0.4, 0.5) is 0 Å². The SMILES string of the molecule is CCC#CCN1C[C@H]2CC[C@@H]1CN(C(=O)c1ccccn1)C2. The van der Waals surface area contributed by atoms with Gasteiger partial charge >= 0.3 is 0 Å². The van der Waals surface area contributed by atoms with E-state index in [9.17, 15) is 4.79 Å². The molecule has 0 saturated carbocycles. The van der Waals surface area contributed by atoms with Gasteiger partial charge in [-0.15, -0.1) is 5.92 Å². The lowest BCUT2D eigenvalue weighted by Crippen LogP contribution is -2.44. The van der Waals surface area contributed by atoms with Gasteiger partial charge in [0.05, 0.1) is 6.54 Å². The second-order valence-electron chi connectivity index (χ2n) is 6.16. The molecule has 4 rings (SSSR count). The van der Waals surface area contributed by atoms with Crippen molar-refractivity contribution in [3.8, 4) is 11.8 Å². The zero-order valence-electron chi connectivity index (χ0n) is 13.2. The number of fused-ring (bicyclic) bond motifs is 4. The standard InChI is InChI=1S/C18H23N3O/c1-2-3-6-11-20-12-15-8-9-16(20)14-21(13-15)18(22)17-7-4-5-10-19-17/h4-5,7,10,15-16H,2,8-9,11-14H2,1H3/t15-,16-/m1/s1. The van der Waals surface area contributed by atoms with Crippen molar-refractivity contribution in [3.05, 3.63) is 30.1 Å². The average molecular weight is 297 g/mol. The van der Waals surface area contributed by atoms with E-state index in [1.807, 2.05) is 17.0 Å². The van der Waals surface area contributed by atoms with Gasteiger partial charge in [-0.2, -0.15) is 0 Å². The maximum Gasteiger partial charge on any atom is 0.272 e. The summed E-state index contributed by atoms with van der Waals surface area (Å²) in [5.74, 6) is 7.04. The van der Waals surface area contributed by atoms with Gasteiger partial charge < -0.3 is 4.90 Å². The highest BCUT2D eigenvalue weighted by atomic mass is 16.2. The minimum Gasteiger partial charge on any atom is -0.335 e. The van der Waals surface area contributed by atoms with Gasteiger partial charge in [-0.25, -0.2) is 0 Å². The molecule has 3 aliphatic heterocycles. The zero-order valence-corrected chi connectivity index (χ0v) is 13.2. The lowest BCUT2D eigenvalue weighted by molar-refractivity contribution is 0.0735. The van der Waals surface area contributed by atoms with Gasteiger partial charge in [-0.3, -0.25) is 14.7 Å². The minimum atomic E-state index is 0.0685. The van der Waals surface area contributed by atoms with Crippen LogP contribution in [-0.4, -0.2) is 52.9 Å². The predicted octanol–water partition coefficient (Wildman–Crippen LogP) is 2.03. The van der Waals surface area contributed by atoms with Gasteiger partial charge in [0, 0.05) is 38.3 Å². The molecule has 0 unspecified atom stereocenters. The lowest BCUT2D eigenvalue weighted by Gasteiger charge is -2.34. The first-order valence-corrected chi connectivity index (χ1v) is 8.18. The Hall–Kier alpha value is -1.86. The maximum atomic E-state index is 12.7. The summed E-state index contributed by atoms with van der Waals surface area (Å²) in [7, 11) is 0. The molecule has 0 radical (unpaired) electrons. The van der Waals surface area contributed by atoms with E-state index in [0.29, 0.717) is 17.7 Å². The Morgan fingerprint density at radius 3 is 2.95 bits per heavy atom. The van der Waals surface area contributed by atoms with E-state index in [0.717, 1.165) is 32.6 Å². The van der Waals surface area contributed by atoms with Crippen LogP contribution in [0, 0.1) is 17.8 Å². The fourth-order valence-corrected chi connectivity index (χ4v) is 3.47. The molecule has 2 bridgehead atoms. The number of amides is 1. The molecule has 22 heavy (non-hydrogen) atoms. The fraction of sp³-hybridized carbons (Fsp3) is 0.556. The van der Waals surface area contributed by atoms with Crippen molar-refractivity contribution >= 4 is 5.91 Å². The third kappa shape index (κ3) is 3.31. The molecule has 3 saturated heterocycles. The molecule has 0 spiro atoms. The molecule has 1 aromatic heterocycles. The van der Waals surface area contributed by atoms with Crippen molar-refractivity contribution in [2.45, 2.75) is 32.2 Å². The number of carbonyl (C=O) groups is 1. The molecule has 0 aliphatic carbocycles. The molecule has 0 N–H and O–H groups in total. The van der Waals surface area contributed by atoms with Crippen molar-refractivity contribution < 1.29 is 4.79 Å². The molecule has 4 heteroatoms. The number of hydrogen-bond acceptors (Lipinski definition) is 3. The Kier molecular flexibility index (Phi) is 4.74. The Morgan fingerprint density at radius 1 is 1.27 bits per heavy atom. The predicted molar refractivity (Wildman–Crippen MR) is 86.3 cm³/mol. The van der Waals surface area contributed by atoms with Crippen molar-refractivity contribution in [2.24, 2.45) is 5.92 Å². The molecule has 116 valence electrons. The van der Waals surface area contributed by atoms with Gasteiger partial charge in [-0.1, -0.05) is 18.9 Å². The molecule has 2 atom stereocenters. The molecule has 1 amide bonds. The van der Waals surface area contributed by atoms with Crippen LogP contribution in [0.25, 0.3) is 0 Å². The summed E-state index contributed by atoms with van der Waals surface area (Å²) in [6.45, 7) is 5.63. The van der Waals surface area contributed by atoms with E-state index in [2.05, 4.69) is 28.6 Å². The second kappa shape index (κ2) is 6.93. The smallest absolute Gasteiger partial charge is 0.272 e. The monoisotopic (exact) mass is 297 g/mol. The topological polar surface area (TPSA) is 36.4 Å². The normalized spacial score (nSPS) is 24.5. The number of rotatable bonds is 2. The van der Waals surface area contributed by atoms with E-state index >= 15 is 0 Å². The number of nitrogens with zero attached hydrogens (tertiary/aromatic N) is 3. The Balaban J connectivity index is 1.71. The van der Waals surface area contributed by atoms with Crippen LogP contribution in [0.2, 0.25) is 0 Å². The average Bonchev–Trinajstić information content (AvgIpc) is 2.87. The summed E-state index contributed by atoms with van der Waals surface area (Å²) in [4.78, 5) is 21.3. The summed E-state index contributed by atoms with van der Waals surface area (Å²) in [6, 6.07) is 5.97. The van der Waals surface area contributed by atoms with E-state index < -0.39 is 0 Å². The van der Waals surface area contributed by atoms with Gasteiger partial charge in [0.2, 0.25) is 0 Å². The van der Waals surface area contributed by atoms with Crippen LogP contribution in [-0.2, 0) is 0 Å². The van der Waals surface area contributed by atoms with Crippen LogP contribution in [0.3, 0.4) is 0 Å².